The van der Waals surface area contributed by atoms with Crippen LogP contribution in [0.5, 0.6) is 5.75 Å². The van der Waals surface area contributed by atoms with E-state index in [2.05, 4.69) is 5.32 Å². The van der Waals surface area contributed by atoms with Crippen LogP contribution in [-0.2, 0) is 14.8 Å². The topological polar surface area (TPSA) is 75.7 Å². The highest BCUT2D eigenvalue weighted by Gasteiger charge is 2.22. The molecule has 0 aliphatic rings. The fourth-order valence-corrected chi connectivity index (χ4v) is 3.25. The van der Waals surface area contributed by atoms with Crippen LogP contribution < -0.4 is 10.1 Å². The maximum absolute atomic E-state index is 11.9. The molecule has 0 fully saturated rings. The van der Waals surface area contributed by atoms with E-state index < -0.39 is 10.0 Å². The fraction of sp³-hybridized carbons (Fsp3) is 0.533. The number of hydrogen-bond donors (Lipinski definition) is 1. The highest BCUT2D eigenvalue weighted by Crippen LogP contribution is 2.15. The summed E-state index contributed by atoms with van der Waals surface area (Å²) < 4.78 is 29.9. The molecule has 1 aromatic rings. The molecule has 1 amide bonds. The summed E-state index contributed by atoms with van der Waals surface area (Å²) in [4.78, 5) is 11.9. The van der Waals surface area contributed by atoms with E-state index in [1.54, 1.807) is 31.4 Å². The van der Waals surface area contributed by atoms with Gasteiger partial charge in [-0.2, -0.15) is 4.31 Å². The third-order valence-electron chi connectivity index (χ3n) is 3.44. The molecule has 0 heterocycles. The number of sulfonamides is 1. The van der Waals surface area contributed by atoms with Gasteiger partial charge in [-0.05, 0) is 37.6 Å². The second-order valence-corrected chi connectivity index (χ2v) is 7.09. The molecule has 1 N–H and O–H groups in total. The Bertz CT molecular complexity index is 584. The Labute approximate surface area is 132 Å². The lowest BCUT2D eigenvalue weighted by atomic mass is 10.2. The average molecular weight is 328 g/mol. The van der Waals surface area contributed by atoms with Crippen LogP contribution in [0.1, 0.15) is 26.7 Å². The Balaban J connectivity index is 2.60. The fourth-order valence-electron chi connectivity index (χ4n) is 2.03. The number of amides is 1. The SMILES string of the molecule is CCC(C)N(CCC(=O)Nc1ccc(OC)cc1)S(C)(=O)=O. The summed E-state index contributed by atoms with van der Waals surface area (Å²) in [6.45, 7) is 3.93. The van der Waals surface area contributed by atoms with Gasteiger partial charge in [-0.25, -0.2) is 8.42 Å². The normalized spacial score (nSPS) is 13.0. The van der Waals surface area contributed by atoms with Crippen molar-refractivity contribution in [3.63, 3.8) is 0 Å². The van der Waals surface area contributed by atoms with E-state index in [1.165, 1.54) is 10.6 Å². The lowest BCUT2D eigenvalue weighted by molar-refractivity contribution is -0.116. The molecule has 6 nitrogen and oxygen atoms in total. The summed E-state index contributed by atoms with van der Waals surface area (Å²) in [5, 5.41) is 2.74. The highest BCUT2D eigenvalue weighted by molar-refractivity contribution is 7.88. The Morgan fingerprint density at radius 2 is 1.91 bits per heavy atom. The largest absolute Gasteiger partial charge is 0.497 e. The first-order valence-electron chi connectivity index (χ1n) is 7.18. The minimum absolute atomic E-state index is 0.115. The van der Waals surface area contributed by atoms with Gasteiger partial charge in [0, 0.05) is 24.7 Å². The van der Waals surface area contributed by atoms with Crippen molar-refractivity contribution in [1.82, 2.24) is 4.31 Å². The summed E-state index contributed by atoms with van der Waals surface area (Å²) in [5.74, 6) is 0.486. The molecule has 0 aliphatic heterocycles. The molecule has 0 aromatic heterocycles. The van der Waals surface area contributed by atoms with Crippen molar-refractivity contribution >= 4 is 21.6 Å². The van der Waals surface area contributed by atoms with E-state index in [0.717, 1.165) is 0 Å². The van der Waals surface area contributed by atoms with Gasteiger partial charge in [0.25, 0.3) is 0 Å². The zero-order chi connectivity index (χ0) is 16.8. The van der Waals surface area contributed by atoms with E-state index in [4.69, 9.17) is 4.74 Å². The highest BCUT2D eigenvalue weighted by atomic mass is 32.2. The van der Waals surface area contributed by atoms with Gasteiger partial charge in [0.05, 0.1) is 13.4 Å². The van der Waals surface area contributed by atoms with Crippen molar-refractivity contribution in [2.45, 2.75) is 32.7 Å². The molecule has 1 unspecified atom stereocenters. The van der Waals surface area contributed by atoms with Crippen LogP contribution >= 0.6 is 0 Å². The molecule has 7 heteroatoms. The molecule has 124 valence electrons. The summed E-state index contributed by atoms with van der Waals surface area (Å²) in [6.07, 6.45) is 1.98. The zero-order valence-electron chi connectivity index (χ0n) is 13.5. The number of anilines is 1. The molecule has 1 aromatic carbocycles. The van der Waals surface area contributed by atoms with E-state index >= 15 is 0 Å². The number of hydrogen-bond acceptors (Lipinski definition) is 4. The summed E-state index contributed by atoms with van der Waals surface area (Å²) in [6, 6.07) is 6.85. The van der Waals surface area contributed by atoms with Crippen LogP contribution in [0.15, 0.2) is 24.3 Å². The van der Waals surface area contributed by atoms with Gasteiger partial charge in [0.15, 0.2) is 0 Å². The Kier molecular flexibility index (Phi) is 6.83. The first kappa shape index (κ1) is 18.4. The van der Waals surface area contributed by atoms with Crippen molar-refractivity contribution < 1.29 is 17.9 Å². The minimum Gasteiger partial charge on any atom is -0.497 e. The standard InChI is InChI=1S/C15H24N2O4S/c1-5-12(2)17(22(4,19)20)11-10-15(18)16-13-6-8-14(21-3)9-7-13/h6-9,12H,5,10-11H2,1-4H3,(H,16,18). The molecule has 0 spiro atoms. The third-order valence-corrected chi connectivity index (χ3v) is 4.84. The second-order valence-electron chi connectivity index (χ2n) is 5.16. The van der Waals surface area contributed by atoms with E-state index in [1.807, 2.05) is 13.8 Å². The van der Waals surface area contributed by atoms with Gasteiger partial charge in [0.1, 0.15) is 5.75 Å². The predicted molar refractivity (Wildman–Crippen MR) is 87.5 cm³/mol. The van der Waals surface area contributed by atoms with Gasteiger partial charge >= 0.3 is 0 Å². The third kappa shape index (κ3) is 5.65. The van der Waals surface area contributed by atoms with Crippen molar-refractivity contribution in [3.8, 4) is 5.75 Å². The summed E-state index contributed by atoms with van der Waals surface area (Å²) >= 11 is 0. The van der Waals surface area contributed by atoms with Gasteiger partial charge in [-0.3, -0.25) is 4.79 Å². The molecule has 0 radical (unpaired) electrons. The molecule has 0 bridgehead atoms. The van der Waals surface area contributed by atoms with Crippen LogP contribution in [0.2, 0.25) is 0 Å². The molecule has 0 aliphatic carbocycles. The zero-order valence-corrected chi connectivity index (χ0v) is 14.3. The first-order chi connectivity index (χ1) is 10.3. The molecule has 22 heavy (non-hydrogen) atoms. The Hall–Kier alpha value is -1.60. The average Bonchev–Trinajstić information content (AvgIpc) is 2.46. The number of benzene rings is 1. The molecule has 1 rings (SSSR count). The number of carbonyl (C=O) groups is 1. The maximum Gasteiger partial charge on any atom is 0.225 e. The van der Waals surface area contributed by atoms with Crippen molar-refractivity contribution in [2.75, 3.05) is 25.2 Å². The monoisotopic (exact) mass is 328 g/mol. The minimum atomic E-state index is -3.32. The van der Waals surface area contributed by atoms with Crippen molar-refractivity contribution in [1.29, 1.82) is 0 Å². The molecular weight excluding hydrogens is 304 g/mol. The lowest BCUT2D eigenvalue weighted by Crippen LogP contribution is -2.39. The van der Waals surface area contributed by atoms with E-state index in [0.29, 0.717) is 17.9 Å². The smallest absolute Gasteiger partial charge is 0.225 e. The van der Waals surface area contributed by atoms with Crippen LogP contribution in [0.4, 0.5) is 5.69 Å². The number of nitrogens with one attached hydrogen (secondary N) is 1. The van der Waals surface area contributed by atoms with Gasteiger partial charge in [0.2, 0.25) is 15.9 Å². The number of ether oxygens (including phenoxy) is 1. The molecule has 0 saturated heterocycles. The van der Waals surface area contributed by atoms with Gasteiger partial charge in [-0.1, -0.05) is 6.92 Å². The number of nitrogens with zero attached hydrogens (tertiary/aromatic N) is 1. The number of rotatable bonds is 8. The first-order valence-corrected chi connectivity index (χ1v) is 9.03. The second kappa shape index (κ2) is 8.14. The summed E-state index contributed by atoms with van der Waals surface area (Å²) in [5.41, 5.74) is 0.653. The van der Waals surface area contributed by atoms with E-state index in [-0.39, 0.29) is 24.9 Å². The van der Waals surface area contributed by atoms with Crippen LogP contribution in [0, 0.1) is 0 Å². The lowest BCUT2D eigenvalue weighted by Gasteiger charge is -2.25. The van der Waals surface area contributed by atoms with Gasteiger partial charge in [-0.15, -0.1) is 0 Å². The predicted octanol–water partition coefficient (Wildman–Crippen LogP) is 2.08. The number of carbonyl (C=O) groups excluding carboxylic acids is 1. The molecular formula is C15H24N2O4S. The number of methoxy groups -OCH3 is 1. The van der Waals surface area contributed by atoms with Crippen molar-refractivity contribution in [3.05, 3.63) is 24.3 Å². The Morgan fingerprint density at radius 3 is 2.36 bits per heavy atom. The van der Waals surface area contributed by atoms with Crippen LogP contribution in [0.3, 0.4) is 0 Å². The van der Waals surface area contributed by atoms with Crippen molar-refractivity contribution in [2.24, 2.45) is 0 Å². The quantitative estimate of drug-likeness (QED) is 0.793. The Morgan fingerprint density at radius 1 is 1.32 bits per heavy atom. The van der Waals surface area contributed by atoms with Crippen LogP contribution in [-0.4, -0.2) is 44.6 Å². The maximum atomic E-state index is 11.9. The van der Waals surface area contributed by atoms with E-state index in [9.17, 15) is 13.2 Å². The summed E-state index contributed by atoms with van der Waals surface area (Å²) in [7, 11) is -1.75. The van der Waals surface area contributed by atoms with Gasteiger partial charge < -0.3 is 10.1 Å². The van der Waals surface area contributed by atoms with Crippen LogP contribution in [0.25, 0.3) is 0 Å². The molecule has 1 atom stereocenters. The molecule has 0 saturated carbocycles.